The Labute approximate surface area is 184 Å². The number of anilines is 3. The monoisotopic (exact) mass is 436 g/mol. The summed E-state index contributed by atoms with van der Waals surface area (Å²) in [5, 5.41) is 3.22. The Morgan fingerprint density at radius 1 is 1.16 bits per heavy atom. The third-order valence-corrected chi connectivity index (χ3v) is 6.44. The number of carbonyl (C=O) groups is 2. The molecule has 4 rings (SSSR count). The highest BCUT2D eigenvalue weighted by Gasteiger charge is 2.36. The van der Waals surface area contributed by atoms with Crippen molar-refractivity contribution in [3.8, 4) is 0 Å². The highest BCUT2D eigenvalue weighted by atomic mass is 32.1. The molecule has 160 valence electrons. The summed E-state index contributed by atoms with van der Waals surface area (Å²) in [5.74, 6) is -0.573. The lowest BCUT2D eigenvalue weighted by Gasteiger charge is -2.35. The van der Waals surface area contributed by atoms with Gasteiger partial charge in [0.1, 0.15) is 0 Å². The highest BCUT2D eigenvalue weighted by Crippen LogP contribution is 2.40. The fourth-order valence-corrected chi connectivity index (χ4v) is 4.78. The molecule has 9 heteroatoms. The molecule has 5 N–H and O–H groups in total. The Hall–Kier alpha value is -3.59. The average Bonchev–Trinajstić information content (AvgIpc) is 3.19. The lowest BCUT2D eigenvalue weighted by atomic mass is 9.96. The number of fused-ring (bicyclic) bond motifs is 1. The van der Waals surface area contributed by atoms with Crippen molar-refractivity contribution in [3.05, 3.63) is 69.7 Å². The van der Waals surface area contributed by atoms with Crippen LogP contribution in [0, 0.1) is 0 Å². The molecule has 1 aliphatic heterocycles. The predicted molar refractivity (Wildman–Crippen MR) is 124 cm³/mol. The molecule has 3 aromatic rings. The van der Waals surface area contributed by atoms with Crippen LogP contribution in [-0.2, 0) is 6.42 Å². The zero-order valence-corrected chi connectivity index (χ0v) is 18.1. The van der Waals surface area contributed by atoms with E-state index in [1.807, 2.05) is 61.5 Å². The molecular weight excluding hydrogens is 412 g/mol. The smallest absolute Gasteiger partial charge is 0.322 e. The summed E-state index contributed by atoms with van der Waals surface area (Å²) in [4.78, 5) is 33.9. The summed E-state index contributed by atoms with van der Waals surface area (Å²) in [5.41, 5.74) is 15.6. The molecule has 0 aliphatic carbocycles. The van der Waals surface area contributed by atoms with Crippen molar-refractivity contribution < 1.29 is 9.59 Å². The number of aromatic nitrogens is 1. The van der Waals surface area contributed by atoms with Crippen LogP contribution in [-0.4, -0.2) is 42.5 Å². The molecule has 3 amide bonds. The first-order valence-corrected chi connectivity index (χ1v) is 10.7. The second-order valence-corrected chi connectivity index (χ2v) is 8.57. The van der Waals surface area contributed by atoms with E-state index in [9.17, 15) is 9.59 Å². The zero-order valence-electron chi connectivity index (χ0n) is 17.3. The normalized spacial score (nSPS) is 15.3. The van der Waals surface area contributed by atoms with E-state index in [0.717, 1.165) is 21.8 Å². The molecule has 0 radical (unpaired) electrons. The van der Waals surface area contributed by atoms with Gasteiger partial charge in [-0.25, -0.2) is 9.78 Å². The molecule has 1 unspecified atom stereocenters. The van der Waals surface area contributed by atoms with Gasteiger partial charge in [0.25, 0.3) is 5.91 Å². The molecule has 31 heavy (non-hydrogen) atoms. The van der Waals surface area contributed by atoms with Gasteiger partial charge in [0.05, 0.1) is 16.6 Å². The van der Waals surface area contributed by atoms with Gasteiger partial charge in [0.2, 0.25) is 0 Å². The van der Waals surface area contributed by atoms with Crippen LogP contribution in [0.2, 0.25) is 0 Å². The van der Waals surface area contributed by atoms with Crippen LogP contribution in [0.5, 0.6) is 0 Å². The first kappa shape index (κ1) is 20.7. The maximum absolute atomic E-state index is 13.3. The number of nitrogens with two attached hydrogens (primary N) is 2. The number of amides is 3. The Balaban J connectivity index is 1.69. The number of rotatable bonds is 4. The maximum Gasteiger partial charge on any atom is 0.322 e. The number of hydrogen-bond donors (Lipinski definition) is 3. The summed E-state index contributed by atoms with van der Waals surface area (Å²) in [6, 6.07) is 14.4. The largest absolute Gasteiger partial charge is 0.398 e. The van der Waals surface area contributed by atoms with E-state index in [1.165, 1.54) is 11.3 Å². The molecule has 0 spiro atoms. The van der Waals surface area contributed by atoms with Crippen LogP contribution in [0.25, 0.3) is 0 Å². The van der Waals surface area contributed by atoms with Crippen molar-refractivity contribution >= 4 is 40.3 Å². The minimum absolute atomic E-state index is 0.242. The van der Waals surface area contributed by atoms with Crippen LogP contribution in [0.1, 0.15) is 32.0 Å². The molecule has 1 atom stereocenters. The van der Waals surface area contributed by atoms with Gasteiger partial charge in [-0.1, -0.05) is 18.2 Å². The van der Waals surface area contributed by atoms with Crippen molar-refractivity contribution in [2.45, 2.75) is 12.5 Å². The molecule has 0 bridgehead atoms. The first-order valence-electron chi connectivity index (χ1n) is 9.84. The first-order chi connectivity index (χ1) is 14.8. The molecule has 0 saturated heterocycles. The highest BCUT2D eigenvalue weighted by molar-refractivity contribution is 7.13. The number of thiazole rings is 1. The summed E-state index contributed by atoms with van der Waals surface area (Å²) in [6.45, 7) is 0.440. The number of hydrogen-bond acceptors (Lipinski definition) is 6. The molecule has 0 fully saturated rings. The lowest BCUT2D eigenvalue weighted by Crippen LogP contribution is -2.42. The molecule has 1 aromatic heterocycles. The molecule has 2 aromatic carbocycles. The Kier molecular flexibility index (Phi) is 5.51. The number of nitrogens with one attached hydrogen (secondary N) is 1. The summed E-state index contributed by atoms with van der Waals surface area (Å²) in [6.07, 6.45) is 0.537. The SMILES string of the molecule is CN(C)c1ccc(NC(=O)N2CCc3nc(C(N)=O)sc3C2c2ccccc2N)cc1. The topological polar surface area (TPSA) is 118 Å². The van der Waals surface area contributed by atoms with E-state index in [2.05, 4.69) is 10.3 Å². The van der Waals surface area contributed by atoms with Gasteiger partial charge >= 0.3 is 6.03 Å². The van der Waals surface area contributed by atoms with Gasteiger partial charge in [-0.15, -0.1) is 11.3 Å². The quantitative estimate of drug-likeness (QED) is 0.543. The number of nitrogens with zero attached hydrogens (tertiary/aromatic N) is 3. The van der Waals surface area contributed by atoms with E-state index in [-0.39, 0.29) is 11.0 Å². The minimum Gasteiger partial charge on any atom is -0.398 e. The Morgan fingerprint density at radius 2 is 1.87 bits per heavy atom. The van der Waals surface area contributed by atoms with Crippen LogP contribution < -0.4 is 21.7 Å². The molecule has 2 heterocycles. The van der Waals surface area contributed by atoms with Crippen molar-refractivity contribution in [1.82, 2.24) is 9.88 Å². The zero-order chi connectivity index (χ0) is 22.1. The third-order valence-electron chi connectivity index (χ3n) is 5.27. The van der Waals surface area contributed by atoms with Gasteiger partial charge in [0.15, 0.2) is 5.01 Å². The van der Waals surface area contributed by atoms with Gasteiger partial charge in [-0.2, -0.15) is 0 Å². The Morgan fingerprint density at radius 3 is 2.52 bits per heavy atom. The van der Waals surface area contributed by atoms with Crippen molar-refractivity contribution in [1.29, 1.82) is 0 Å². The van der Waals surface area contributed by atoms with Gasteiger partial charge in [-0.05, 0) is 30.3 Å². The van der Waals surface area contributed by atoms with Crippen LogP contribution >= 0.6 is 11.3 Å². The van der Waals surface area contributed by atoms with Crippen LogP contribution in [0.4, 0.5) is 21.9 Å². The molecule has 8 nitrogen and oxygen atoms in total. The number of benzene rings is 2. The molecule has 1 aliphatic rings. The number of carbonyl (C=O) groups excluding carboxylic acids is 2. The summed E-state index contributed by atoms with van der Waals surface area (Å²) in [7, 11) is 3.92. The van der Waals surface area contributed by atoms with Gasteiger partial charge in [0, 0.05) is 49.7 Å². The third kappa shape index (κ3) is 4.04. The van der Waals surface area contributed by atoms with Gasteiger partial charge < -0.3 is 26.6 Å². The van der Waals surface area contributed by atoms with Crippen LogP contribution in [0.15, 0.2) is 48.5 Å². The van der Waals surface area contributed by atoms with Gasteiger partial charge in [-0.3, -0.25) is 4.79 Å². The average molecular weight is 437 g/mol. The second kappa shape index (κ2) is 8.27. The van der Waals surface area contributed by atoms with E-state index < -0.39 is 11.9 Å². The second-order valence-electron chi connectivity index (χ2n) is 7.54. The number of nitrogen functional groups attached to an aromatic ring is 1. The lowest BCUT2D eigenvalue weighted by molar-refractivity contribution is 0.0999. The summed E-state index contributed by atoms with van der Waals surface area (Å²) >= 11 is 1.22. The van der Waals surface area contributed by atoms with Crippen molar-refractivity contribution in [2.24, 2.45) is 5.73 Å². The van der Waals surface area contributed by atoms with E-state index >= 15 is 0 Å². The Bertz CT molecular complexity index is 1130. The standard InChI is InChI=1S/C22H24N6O2S/c1-27(2)14-9-7-13(8-10-14)25-22(30)28-12-11-17-19(31-21(26-17)20(24)29)18(28)15-5-3-4-6-16(15)23/h3-10,18H,11-12,23H2,1-2H3,(H2,24,29)(H,25,30). The van der Waals surface area contributed by atoms with Crippen molar-refractivity contribution in [3.63, 3.8) is 0 Å². The minimum atomic E-state index is -0.573. The summed E-state index contributed by atoms with van der Waals surface area (Å²) < 4.78 is 0. The molecular formula is C22H24N6O2S. The maximum atomic E-state index is 13.3. The van der Waals surface area contributed by atoms with E-state index in [0.29, 0.717) is 24.3 Å². The molecule has 0 saturated carbocycles. The van der Waals surface area contributed by atoms with Crippen molar-refractivity contribution in [2.75, 3.05) is 36.6 Å². The number of para-hydroxylation sites is 1. The predicted octanol–water partition coefficient (Wildman–Crippen LogP) is 3.07. The fourth-order valence-electron chi connectivity index (χ4n) is 3.68. The van der Waals surface area contributed by atoms with E-state index in [4.69, 9.17) is 11.5 Å². The van der Waals surface area contributed by atoms with E-state index in [1.54, 1.807) is 11.0 Å². The van der Waals surface area contributed by atoms with Crippen LogP contribution in [0.3, 0.4) is 0 Å². The number of urea groups is 1. The number of primary amides is 1. The fraction of sp³-hybridized carbons (Fsp3) is 0.227.